The van der Waals surface area contributed by atoms with Crippen LogP contribution in [0, 0.1) is 12.3 Å². The van der Waals surface area contributed by atoms with Gasteiger partial charge in [-0.2, -0.15) is 0 Å². The van der Waals surface area contributed by atoms with E-state index in [1.165, 1.54) is 16.9 Å². The lowest BCUT2D eigenvalue weighted by Crippen LogP contribution is -2.39. The molecule has 5 heteroatoms. The highest BCUT2D eigenvalue weighted by molar-refractivity contribution is 7.22. The molecule has 0 aliphatic heterocycles. The van der Waals surface area contributed by atoms with Crippen molar-refractivity contribution in [2.45, 2.75) is 34.2 Å². The van der Waals surface area contributed by atoms with Crippen LogP contribution in [0.5, 0.6) is 0 Å². The fourth-order valence-corrected chi connectivity index (χ4v) is 3.39. The molecule has 0 spiro atoms. The topological polar surface area (TPSA) is 46.3 Å². The average molecular weight is 328 g/mol. The third-order valence-corrected chi connectivity index (χ3v) is 4.59. The van der Waals surface area contributed by atoms with E-state index < -0.39 is 5.41 Å². The smallest absolute Gasteiger partial charge is 0.234 e. The number of fused-ring (bicyclic) bond motifs is 1. The molecule has 1 aromatic carbocycles. The molecule has 0 bridgehead atoms. The number of furan rings is 1. The number of rotatable bonds is 3. The van der Waals surface area contributed by atoms with Gasteiger partial charge in [0.1, 0.15) is 5.76 Å². The van der Waals surface area contributed by atoms with Crippen molar-refractivity contribution in [3.8, 4) is 0 Å². The molecule has 0 saturated heterocycles. The fraction of sp³-hybridized carbons (Fsp3) is 0.333. The summed E-state index contributed by atoms with van der Waals surface area (Å²) in [4.78, 5) is 19.3. The SMILES string of the molecule is Cc1ccc2nc(N(Cc3ccco3)C(=O)C(C)(C)C)sc2c1. The normalized spacial score (nSPS) is 11.8. The minimum absolute atomic E-state index is 0.0321. The standard InChI is InChI=1S/C18H20N2O2S/c1-12-7-8-14-15(10-12)23-17(19-14)20(16(21)18(2,3)4)11-13-6-5-9-22-13/h5-10H,11H2,1-4H3. The number of hydrogen-bond acceptors (Lipinski definition) is 4. The van der Waals surface area contributed by atoms with Gasteiger partial charge in [-0.1, -0.05) is 38.2 Å². The maximum absolute atomic E-state index is 12.9. The molecular weight excluding hydrogens is 308 g/mol. The Labute approximate surface area is 139 Å². The molecule has 4 nitrogen and oxygen atoms in total. The van der Waals surface area contributed by atoms with E-state index in [9.17, 15) is 4.79 Å². The largest absolute Gasteiger partial charge is 0.467 e. The Morgan fingerprint density at radius 3 is 2.74 bits per heavy atom. The molecule has 0 fully saturated rings. The number of benzene rings is 1. The van der Waals surface area contributed by atoms with Crippen molar-refractivity contribution in [3.05, 3.63) is 47.9 Å². The van der Waals surface area contributed by atoms with Crippen molar-refractivity contribution in [1.29, 1.82) is 0 Å². The van der Waals surface area contributed by atoms with Crippen LogP contribution in [0.4, 0.5) is 5.13 Å². The summed E-state index contributed by atoms with van der Waals surface area (Å²) in [6.45, 7) is 8.20. The van der Waals surface area contributed by atoms with E-state index in [0.717, 1.165) is 16.0 Å². The van der Waals surface area contributed by atoms with Crippen LogP contribution >= 0.6 is 11.3 Å². The number of aryl methyl sites for hydroxylation is 1. The Kier molecular flexibility index (Phi) is 3.98. The minimum atomic E-state index is -0.486. The van der Waals surface area contributed by atoms with Crippen LogP contribution < -0.4 is 4.90 Å². The van der Waals surface area contributed by atoms with Crippen LogP contribution in [-0.2, 0) is 11.3 Å². The molecule has 3 rings (SSSR count). The summed E-state index contributed by atoms with van der Waals surface area (Å²) in [5.74, 6) is 0.780. The third kappa shape index (κ3) is 3.29. The van der Waals surface area contributed by atoms with Gasteiger partial charge in [-0.15, -0.1) is 0 Å². The molecule has 3 aromatic rings. The molecule has 0 unspecified atom stereocenters. The number of hydrogen-bond donors (Lipinski definition) is 0. The number of carbonyl (C=O) groups is 1. The predicted molar refractivity (Wildman–Crippen MR) is 93.7 cm³/mol. The zero-order valence-corrected chi connectivity index (χ0v) is 14.6. The van der Waals surface area contributed by atoms with Gasteiger partial charge >= 0.3 is 0 Å². The lowest BCUT2D eigenvalue weighted by atomic mass is 9.95. The summed E-state index contributed by atoms with van der Waals surface area (Å²) in [6.07, 6.45) is 1.62. The van der Waals surface area contributed by atoms with Gasteiger partial charge < -0.3 is 4.42 Å². The Balaban J connectivity index is 2.03. The Morgan fingerprint density at radius 1 is 1.30 bits per heavy atom. The molecule has 0 saturated carbocycles. The zero-order valence-electron chi connectivity index (χ0n) is 13.8. The van der Waals surface area contributed by atoms with Gasteiger partial charge in [-0.25, -0.2) is 4.98 Å². The second-order valence-electron chi connectivity index (χ2n) is 6.69. The predicted octanol–water partition coefficient (Wildman–Crippen LogP) is 4.78. The zero-order chi connectivity index (χ0) is 16.6. The van der Waals surface area contributed by atoms with Crippen LogP contribution in [-0.4, -0.2) is 10.9 Å². The van der Waals surface area contributed by atoms with E-state index in [-0.39, 0.29) is 5.91 Å². The Morgan fingerprint density at radius 2 is 2.09 bits per heavy atom. The molecule has 2 aromatic heterocycles. The molecule has 0 atom stereocenters. The second-order valence-corrected chi connectivity index (χ2v) is 7.70. The maximum atomic E-state index is 12.9. The lowest BCUT2D eigenvalue weighted by molar-refractivity contribution is -0.126. The average Bonchev–Trinajstić information content (AvgIpc) is 3.11. The van der Waals surface area contributed by atoms with Gasteiger partial charge in [0.25, 0.3) is 0 Å². The number of thiazole rings is 1. The first-order chi connectivity index (χ1) is 10.8. The molecule has 0 aliphatic carbocycles. The van der Waals surface area contributed by atoms with Crippen LogP contribution in [0.1, 0.15) is 32.1 Å². The van der Waals surface area contributed by atoms with Crippen molar-refractivity contribution in [2.75, 3.05) is 4.90 Å². The van der Waals surface area contributed by atoms with E-state index in [0.29, 0.717) is 11.7 Å². The van der Waals surface area contributed by atoms with Crippen LogP contribution in [0.25, 0.3) is 10.2 Å². The number of amides is 1. The van der Waals surface area contributed by atoms with E-state index in [1.54, 1.807) is 11.2 Å². The van der Waals surface area contributed by atoms with Crippen molar-refractivity contribution >= 4 is 32.6 Å². The first-order valence-electron chi connectivity index (χ1n) is 7.56. The summed E-state index contributed by atoms with van der Waals surface area (Å²) in [7, 11) is 0. The highest BCUT2D eigenvalue weighted by Gasteiger charge is 2.30. The fourth-order valence-electron chi connectivity index (χ4n) is 2.32. The second kappa shape index (κ2) is 5.81. The summed E-state index contributed by atoms with van der Waals surface area (Å²) in [5, 5.41) is 0.710. The van der Waals surface area contributed by atoms with E-state index in [2.05, 4.69) is 18.0 Å². The Hall–Kier alpha value is -2.14. The molecule has 2 heterocycles. The molecule has 23 heavy (non-hydrogen) atoms. The van der Waals surface area contributed by atoms with Gasteiger partial charge in [-0.3, -0.25) is 9.69 Å². The van der Waals surface area contributed by atoms with Gasteiger partial charge in [0.15, 0.2) is 5.13 Å². The van der Waals surface area contributed by atoms with Crippen molar-refractivity contribution < 1.29 is 9.21 Å². The highest BCUT2D eigenvalue weighted by atomic mass is 32.1. The summed E-state index contributed by atoms with van der Waals surface area (Å²) in [5.41, 5.74) is 1.62. The van der Waals surface area contributed by atoms with Gasteiger partial charge in [0.05, 0.1) is 23.0 Å². The van der Waals surface area contributed by atoms with Crippen LogP contribution in [0.15, 0.2) is 41.0 Å². The third-order valence-electron chi connectivity index (χ3n) is 3.54. The van der Waals surface area contributed by atoms with Crippen molar-refractivity contribution in [3.63, 3.8) is 0 Å². The van der Waals surface area contributed by atoms with Gasteiger partial charge in [0.2, 0.25) is 5.91 Å². The van der Waals surface area contributed by atoms with Crippen LogP contribution in [0.2, 0.25) is 0 Å². The molecule has 0 radical (unpaired) electrons. The monoisotopic (exact) mass is 328 g/mol. The van der Waals surface area contributed by atoms with E-state index in [1.807, 2.05) is 45.0 Å². The molecule has 120 valence electrons. The van der Waals surface area contributed by atoms with Gasteiger partial charge in [-0.05, 0) is 36.8 Å². The van der Waals surface area contributed by atoms with Crippen molar-refractivity contribution in [1.82, 2.24) is 4.98 Å². The quantitative estimate of drug-likeness (QED) is 0.695. The first-order valence-corrected chi connectivity index (χ1v) is 8.38. The van der Waals surface area contributed by atoms with E-state index >= 15 is 0 Å². The summed E-state index contributed by atoms with van der Waals surface area (Å²) in [6, 6.07) is 9.84. The van der Waals surface area contributed by atoms with Crippen LogP contribution in [0.3, 0.4) is 0 Å². The maximum Gasteiger partial charge on any atom is 0.234 e. The molecule has 0 N–H and O–H groups in total. The lowest BCUT2D eigenvalue weighted by Gasteiger charge is -2.26. The van der Waals surface area contributed by atoms with Crippen molar-refractivity contribution in [2.24, 2.45) is 5.41 Å². The van der Waals surface area contributed by atoms with E-state index in [4.69, 9.17) is 4.42 Å². The number of aromatic nitrogens is 1. The number of carbonyl (C=O) groups excluding carboxylic acids is 1. The molecular formula is C18H20N2O2S. The molecule has 1 amide bonds. The summed E-state index contributed by atoms with van der Waals surface area (Å²) < 4.78 is 6.51. The molecule has 0 aliphatic rings. The number of anilines is 1. The Bertz CT molecular complexity index is 828. The number of nitrogens with zero attached hydrogens (tertiary/aromatic N) is 2. The van der Waals surface area contributed by atoms with Gasteiger partial charge in [0, 0.05) is 5.41 Å². The highest BCUT2D eigenvalue weighted by Crippen LogP contribution is 2.33. The summed E-state index contributed by atoms with van der Waals surface area (Å²) >= 11 is 1.54. The minimum Gasteiger partial charge on any atom is -0.467 e. The first kappa shape index (κ1) is 15.7.